The lowest BCUT2D eigenvalue weighted by atomic mass is 9.84. The van der Waals surface area contributed by atoms with E-state index in [4.69, 9.17) is 0 Å². The quantitative estimate of drug-likeness (QED) is 0.630. The molecule has 0 aromatic carbocycles. The molecule has 3 heteroatoms. The summed E-state index contributed by atoms with van der Waals surface area (Å²) in [6.45, 7) is 4.86. The van der Waals surface area contributed by atoms with Crippen LogP contribution in [0.5, 0.6) is 0 Å². The lowest BCUT2D eigenvalue weighted by Crippen LogP contribution is -2.23. The highest BCUT2D eigenvalue weighted by Crippen LogP contribution is 2.34. The Morgan fingerprint density at radius 1 is 1.75 bits per heavy atom. The van der Waals surface area contributed by atoms with Gasteiger partial charge in [0.15, 0.2) is 5.78 Å². The van der Waals surface area contributed by atoms with E-state index in [0.717, 1.165) is 18.7 Å². The zero-order chi connectivity index (χ0) is 8.77. The van der Waals surface area contributed by atoms with Gasteiger partial charge in [-0.1, -0.05) is 13.8 Å². The van der Waals surface area contributed by atoms with Gasteiger partial charge in [0.2, 0.25) is 0 Å². The van der Waals surface area contributed by atoms with Crippen molar-refractivity contribution in [2.45, 2.75) is 26.8 Å². The number of rotatable bonds is 1. The van der Waals surface area contributed by atoms with E-state index in [2.05, 4.69) is 11.9 Å². The third-order valence-corrected chi connectivity index (χ3v) is 2.79. The van der Waals surface area contributed by atoms with Crippen LogP contribution in [0.1, 0.15) is 30.8 Å². The summed E-state index contributed by atoms with van der Waals surface area (Å²) in [5, 5.41) is 0. The molecule has 1 unspecified atom stereocenters. The van der Waals surface area contributed by atoms with E-state index < -0.39 is 0 Å². The van der Waals surface area contributed by atoms with Gasteiger partial charge in [-0.3, -0.25) is 4.79 Å². The van der Waals surface area contributed by atoms with E-state index in [9.17, 15) is 4.79 Å². The van der Waals surface area contributed by atoms with Crippen molar-refractivity contribution in [3.63, 3.8) is 0 Å². The summed E-state index contributed by atoms with van der Waals surface area (Å²) < 4.78 is 1.94. The molecule has 0 radical (unpaired) electrons. The molecule has 1 atom stereocenters. The van der Waals surface area contributed by atoms with E-state index in [0.29, 0.717) is 0 Å². The summed E-state index contributed by atoms with van der Waals surface area (Å²) in [4.78, 5) is 15.7. The van der Waals surface area contributed by atoms with E-state index in [-0.39, 0.29) is 11.2 Å². The molecule has 1 aliphatic heterocycles. The predicted molar refractivity (Wildman–Crippen MR) is 45.0 cm³/mol. The Balaban J connectivity index is 2.45. The van der Waals surface area contributed by atoms with E-state index >= 15 is 0 Å². The van der Waals surface area contributed by atoms with E-state index in [1.54, 1.807) is 12.5 Å². The highest BCUT2D eigenvalue weighted by Gasteiger charge is 2.40. The van der Waals surface area contributed by atoms with Crippen molar-refractivity contribution < 1.29 is 4.79 Å². The summed E-state index contributed by atoms with van der Waals surface area (Å²) >= 11 is 0. The van der Waals surface area contributed by atoms with Crippen LogP contribution in [0.2, 0.25) is 0 Å². The first-order valence-corrected chi connectivity index (χ1v) is 4.22. The SMILES string of the molecule is CCC1(C)Cn2cncc2C1=O. The second-order valence-corrected chi connectivity index (χ2v) is 3.65. The lowest BCUT2D eigenvalue weighted by Gasteiger charge is -2.17. The van der Waals surface area contributed by atoms with Gasteiger partial charge in [0.1, 0.15) is 5.69 Å². The fraction of sp³-hybridized carbons (Fsp3) is 0.556. The zero-order valence-electron chi connectivity index (χ0n) is 7.37. The first-order chi connectivity index (χ1) is 5.67. The molecule has 3 nitrogen and oxygen atoms in total. The summed E-state index contributed by atoms with van der Waals surface area (Å²) in [5.74, 6) is 0.238. The monoisotopic (exact) mass is 164 g/mol. The minimum absolute atomic E-state index is 0.182. The van der Waals surface area contributed by atoms with Crippen LogP contribution in [0.15, 0.2) is 12.5 Å². The van der Waals surface area contributed by atoms with Crippen LogP contribution in [0.3, 0.4) is 0 Å². The maximum absolute atomic E-state index is 11.7. The summed E-state index contributed by atoms with van der Waals surface area (Å²) in [7, 11) is 0. The molecule has 1 aliphatic rings. The normalized spacial score (nSPS) is 27.7. The Kier molecular flexibility index (Phi) is 1.37. The Morgan fingerprint density at radius 3 is 3.08 bits per heavy atom. The Hall–Kier alpha value is -1.12. The number of nitrogens with zero attached hydrogens (tertiary/aromatic N) is 2. The topological polar surface area (TPSA) is 34.9 Å². The van der Waals surface area contributed by atoms with Crippen molar-refractivity contribution in [1.82, 2.24) is 9.55 Å². The molecule has 1 aromatic heterocycles. The van der Waals surface area contributed by atoms with Gasteiger partial charge in [0.25, 0.3) is 0 Å². The van der Waals surface area contributed by atoms with Crippen LogP contribution in [-0.4, -0.2) is 15.3 Å². The molecule has 0 bridgehead atoms. The van der Waals surface area contributed by atoms with Crippen LogP contribution in [0.25, 0.3) is 0 Å². The number of ketones is 1. The largest absolute Gasteiger partial charge is 0.327 e. The van der Waals surface area contributed by atoms with Gasteiger partial charge in [0, 0.05) is 6.54 Å². The molecule has 64 valence electrons. The number of hydrogen-bond donors (Lipinski definition) is 0. The molecule has 12 heavy (non-hydrogen) atoms. The zero-order valence-corrected chi connectivity index (χ0v) is 7.37. The van der Waals surface area contributed by atoms with Gasteiger partial charge in [-0.15, -0.1) is 0 Å². The highest BCUT2D eigenvalue weighted by molar-refractivity contribution is 6.00. The van der Waals surface area contributed by atoms with Crippen LogP contribution >= 0.6 is 0 Å². The van der Waals surface area contributed by atoms with Crippen molar-refractivity contribution in [1.29, 1.82) is 0 Å². The second kappa shape index (κ2) is 2.19. The van der Waals surface area contributed by atoms with Crippen molar-refractivity contribution in [2.75, 3.05) is 0 Å². The molecular weight excluding hydrogens is 152 g/mol. The van der Waals surface area contributed by atoms with Crippen LogP contribution < -0.4 is 0 Å². The molecule has 0 N–H and O–H groups in total. The van der Waals surface area contributed by atoms with E-state index in [1.807, 2.05) is 11.5 Å². The molecular formula is C9H12N2O. The fourth-order valence-corrected chi connectivity index (χ4v) is 1.67. The Morgan fingerprint density at radius 2 is 2.50 bits per heavy atom. The maximum Gasteiger partial charge on any atom is 0.188 e. The molecule has 0 amide bonds. The maximum atomic E-state index is 11.7. The molecule has 2 heterocycles. The minimum atomic E-state index is -0.182. The van der Waals surface area contributed by atoms with Crippen molar-refractivity contribution in [3.8, 4) is 0 Å². The number of carbonyl (C=O) groups excluding carboxylic acids is 1. The van der Waals surface area contributed by atoms with E-state index in [1.165, 1.54) is 0 Å². The Bertz CT molecular complexity index is 329. The van der Waals surface area contributed by atoms with Gasteiger partial charge in [-0.05, 0) is 6.42 Å². The van der Waals surface area contributed by atoms with Gasteiger partial charge >= 0.3 is 0 Å². The fourth-order valence-electron chi connectivity index (χ4n) is 1.67. The smallest absolute Gasteiger partial charge is 0.188 e. The average molecular weight is 164 g/mol. The summed E-state index contributed by atoms with van der Waals surface area (Å²) in [6, 6.07) is 0. The second-order valence-electron chi connectivity index (χ2n) is 3.65. The van der Waals surface area contributed by atoms with Crippen molar-refractivity contribution in [2.24, 2.45) is 5.41 Å². The number of carbonyl (C=O) groups is 1. The third kappa shape index (κ3) is 0.763. The molecule has 0 saturated carbocycles. The standard InChI is InChI=1S/C9H12N2O/c1-3-9(2)5-11-6-10-4-7(11)8(9)12/h4,6H,3,5H2,1-2H3. The van der Waals surface area contributed by atoms with Gasteiger partial charge in [0.05, 0.1) is 17.9 Å². The predicted octanol–water partition coefficient (Wildman–Crippen LogP) is 1.50. The molecule has 0 fully saturated rings. The lowest BCUT2D eigenvalue weighted by molar-refractivity contribution is 0.0832. The number of Topliss-reactive ketones (excluding diaryl/α,β-unsaturated/α-hetero) is 1. The first-order valence-electron chi connectivity index (χ1n) is 4.22. The molecule has 2 rings (SSSR count). The summed E-state index contributed by atoms with van der Waals surface area (Å²) in [6.07, 6.45) is 4.28. The van der Waals surface area contributed by atoms with Crippen LogP contribution in [0, 0.1) is 5.41 Å². The van der Waals surface area contributed by atoms with Crippen LogP contribution in [0.4, 0.5) is 0 Å². The molecule has 0 spiro atoms. The first kappa shape index (κ1) is 7.53. The van der Waals surface area contributed by atoms with Gasteiger partial charge in [-0.2, -0.15) is 0 Å². The molecule has 0 aliphatic carbocycles. The molecule has 1 aromatic rings. The highest BCUT2D eigenvalue weighted by atomic mass is 16.1. The van der Waals surface area contributed by atoms with Crippen molar-refractivity contribution in [3.05, 3.63) is 18.2 Å². The van der Waals surface area contributed by atoms with Crippen molar-refractivity contribution >= 4 is 5.78 Å². The van der Waals surface area contributed by atoms with Crippen LogP contribution in [-0.2, 0) is 6.54 Å². The number of fused-ring (bicyclic) bond motifs is 1. The Labute approximate surface area is 71.4 Å². The molecule has 0 saturated heterocycles. The van der Waals surface area contributed by atoms with Gasteiger partial charge in [-0.25, -0.2) is 4.98 Å². The average Bonchev–Trinajstić information content (AvgIpc) is 2.57. The number of hydrogen-bond acceptors (Lipinski definition) is 2. The number of aromatic nitrogens is 2. The number of imidazole rings is 1. The minimum Gasteiger partial charge on any atom is -0.327 e. The third-order valence-electron chi connectivity index (χ3n) is 2.79. The van der Waals surface area contributed by atoms with Gasteiger partial charge < -0.3 is 4.57 Å². The summed E-state index contributed by atoms with van der Waals surface area (Å²) in [5.41, 5.74) is 0.581.